The molecule has 0 aliphatic carbocycles. The van der Waals surface area contributed by atoms with E-state index in [1.54, 1.807) is 0 Å². The van der Waals surface area contributed by atoms with Crippen LogP contribution in [0.4, 0.5) is 0 Å². The van der Waals surface area contributed by atoms with Crippen molar-refractivity contribution < 1.29 is 19.8 Å². The van der Waals surface area contributed by atoms with Crippen molar-refractivity contribution in [2.24, 2.45) is 5.73 Å². The molecule has 6 heteroatoms. The average Bonchev–Trinajstić information content (AvgIpc) is 2.38. The Bertz CT molecular complexity index is 438. The van der Waals surface area contributed by atoms with Gasteiger partial charge in [-0.05, 0) is 31.2 Å². The van der Waals surface area contributed by atoms with Gasteiger partial charge in [0.2, 0.25) is 5.91 Å². The first kappa shape index (κ1) is 14.1. The summed E-state index contributed by atoms with van der Waals surface area (Å²) in [6.45, 7) is 0.756. The monoisotopic (exact) mass is 252 g/mol. The molecule has 0 spiro atoms. The van der Waals surface area contributed by atoms with E-state index >= 15 is 0 Å². The zero-order chi connectivity index (χ0) is 13.8. The van der Waals surface area contributed by atoms with Gasteiger partial charge >= 0.3 is 0 Å². The van der Waals surface area contributed by atoms with Crippen LogP contribution in [0.15, 0.2) is 24.3 Å². The highest BCUT2D eigenvalue weighted by atomic mass is 16.3. The molecule has 18 heavy (non-hydrogen) atoms. The molecule has 0 radical (unpaired) electrons. The smallest absolute Gasteiger partial charge is 0.251 e. The van der Waals surface area contributed by atoms with Crippen molar-refractivity contribution in [3.8, 4) is 0 Å². The number of rotatable bonds is 5. The summed E-state index contributed by atoms with van der Waals surface area (Å²) in [7, 11) is 0. The maximum absolute atomic E-state index is 11.8. The minimum Gasteiger partial charge on any atom is -0.394 e. The van der Waals surface area contributed by atoms with Crippen LogP contribution in [0.5, 0.6) is 0 Å². The van der Waals surface area contributed by atoms with Crippen LogP contribution in [-0.4, -0.2) is 40.8 Å². The molecule has 0 saturated heterocycles. The summed E-state index contributed by atoms with van der Waals surface area (Å²) in [5.41, 5.74) is 4.61. The van der Waals surface area contributed by atoms with Gasteiger partial charge in [-0.3, -0.25) is 9.59 Å². The third-order valence-electron chi connectivity index (χ3n) is 2.54. The molecule has 0 bridgehead atoms. The largest absolute Gasteiger partial charge is 0.394 e. The van der Waals surface area contributed by atoms with Gasteiger partial charge in [0, 0.05) is 11.1 Å². The molecule has 98 valence electrons. The van der Waals surface area contributed by atoms with Gasteiger partial charge in [0.05, 0.1) is 18.8 Å². The molecule has 1 aromatic carbocycles. The molecule has 5 N–H and O–H groups in total. The number of hydrogen-bond donors (Lipinski definition) is 4. The molecule has 0 saturated carbocycles. The van der Waals surface area contributed by atoms with Crippen molar-refractivity contribution in [1.29, 1.82) is 0 Å². The van der Waals surface area contributed by atoms with E-state index < -0.39 is 17.4 Å². The Morgan fingerprint density at radius 3 is 2.00 bits per heavy atom. The number of nitrogens with two attached hydrogens (primary N) is 1. The summed E-state index contributed by atoms with van der Waals surface area (Å²) in [6, 6.07) is 5.77. The summed E-state index contributed by atoms with van der Waals surface area (Å²) >= 11 is 0. The molecule has 0 fully saturated rings. The van der Waals surface area contributed by atoms with Gasteiger partial charge in [0.15, 0.2) is 0 Å². The van der Waals surface area contributed by atoms with Crippen LogP contribution < -0.4 is 11.1 Å². The van der Waals surface area contributed by atoms with Crippen LogP contribution in [-0.2, 0) is 0 Å². The minimum atomic E-state index is -1.08. The van der Waals surface area contributed by atoms with Crippen molar-refractivity contribution >= 4 is 11.8 Å². The van der Waals surface area contributed by atoms with Gasteiger partial charge in [0.1, 0.15) is 0 Å². The standard InChI is InChI=1S/C12H16N2O4/c1-12(6-15,7-16)14-11(18)9-4-2-8(3-5-9)10(13)17/h2-5,15-16H,6-7H2,1H3,(H2,13,17)(H,14,18). The topological polar surface area (TPSA) is 113 Å². The molecule has 1 rings (SSSR count). The van der Waals surface area contributed by atoms with Crippen LogP contribution in [0.25, 0.3) is 0 Å². The first-order chi connectivity index (χ1) is 8.41. The average molecular weight is 252 g/mol. The highest BCUT2D eigenvalue weighted by Crippen LogP contribution is 2.07. The van der Waals surface area contributed by atoms with Crippen molar-refractivity contribution in [1.82, 2.24) is 5.32 Å². The van der Waals surface area contributed by atoms with Crippen LogP contribution in [0.1, 0.15) is 27.6 Å². The van der Waals surface area contributed by atoms with Crippen molar-refractivity contribution in [2.45, 2.75) is 12.5 Å². The first-order valence-corrected chi connectivity index (χ1v) is 5.36. The number of nitrogens with one attached hydrogen (secondary N) is 1. The van der Waals surface area contributed by atoms with E-state index in [0.717, 1.165) is 0 Å². The third-order valence-corrected chi connectivity index (χ3v) is 2.54. The molecule has 0 aliphatic heterocycles. The predicted octanol–water partition coefficient (Wildman–Crippen LogP) is -0.741. The van der Waals surface area contributed by atoms with Crippen molar-refractivity contribution in [2.75, 3.05) is 13.2 Å². The second-order valence-electron chi connectivity index (χ2n) is 4.27. The van der Waals surface area contributed by atoms with Crippen LogP contribution in [0.3, 0.4) is 0 Å². The van der Waals surface area contributed by atoms with Gasteiger partial charge in [-0.25, -0.2) is 0 Å². The molecule has 0 unspecified atom stereocenters. The van der Waals surface area contributed by atoms with Gasteiger partial charge in [-0.15, -0.1) is 0 Å². The summed E-state index contributed by atoms with van der Waals surface area (Å²) < 4.78 is 0. The molecular formula is C12H16N2O4. The fourth-order valence-corrected chi connectivity index (χ4v) is 1.26. The Hall–Kier alpha value is -1.92. The minimum absolute atomic E-state index is 0.304. The van der Waals surface area contributed by atoms with Crippen molar-refractivity contribution in [3.05, 3.63) is 35.4 Å². The molecule has 0 aliphatic rings. The van der Waals surface area contributed by atoms with E-state index in [0.29, 0.717) is 11.1 Å². The van der Waals surface area contributed by atoms with Crippen LogP contribution in [0, 0.1) is 0 Å². The van der Waals surface area contributed by atoms with E-state index in [9.17, 15) is 9.59 Å². The number of hydrogen-bond acceptors (Lipinski definition) is 4. The highest BCUT2D eigenvalue weighted by molar-refractivity contribution is 5.97. The number of aliphatic hydroxyl groups excluding tert-OH is 2. The lowest BCUT2D eigenvalue weighted by Crippen LogP contribution is -2.51. The lowest BCUT2D eigenvalue weighted by Gasteiger charge is -2.26. The fraction of sp³-hybridized carbons (Fsp3) is 0.333. The van der Waals surface area contributed by atoms with Gasteiger partial charge < -0.3 is 21.3 Å². The van der Waals surface area contributed by atoms with E-state index in [1.165, 1.54) is 31.2 Å². The number of amides is 2. The summed E-state index contributed by atoms with van der Waals surface area (Å²) in [6.07, 6.45) is 0. The lowest BCUT2D eigenvalue weighted by atomic mass is 10.0. The third kappa shape index (κ3) is 3.28. The van der Waals surface area contributed by atoms with Gasteiger partial charge in [0.25, 0.3) is 5.91 Å². The molecule has 1 aromatic rings. The van der Waals surface area contributed by atoms with Crippen LogP contribution >= 0.6 is 0 Å². The van der Waals surface area contributed by atoms with Gasteiger partial charge in [-0.1, -0.05) is 0 Å². The Morgan fingerprint density at radius 2 is 1.61 bits per heavy atom. The Balaban J connectivity index is 2.82. The predicted molar refractivity (Wildman–Crippen MR) is 65.0 cm³/mol. The normalized spacial score (nSPS) is 11.1. The molecule has 0 aromatic heterocycles. The Morgan fingerprint density at radius 1 is 1.17 bits per heavy atom. The van der Waals surface area contributed by atoms with E-state index in [-0.39, 0.29) is 13.2 Å². The number of carbonyl (C=O) groups excluding carboxylic acids is 2. The van der Waals surface area contributed by atoms with E-state index in [4.69, 9.17) is 15.9 Å². The summed E-state index contributed by atoms with van der Waals surface area (Å²) in [5.74, 6) is -1.02. The Labute approximate surface area is 104 Å². The number of aliphatic hydroxyl groups is 2. The van der Waals surface area contributed by atoms with Gasteiger partial charge in [-0.2, -0.15) is 0 Å². The SMILES string of the molecule is CC(CO)(CO)NC(=O)c1ccc(C(N)=O)cc1. The lowest BCUT2D eigenvalue weighted by molar-refractivity contribution is 0.0723. The Kier molecular flexibility index (Phi) is 4.41. The molecular weight excluding hydrogens is 236 g/mol. The molecule has 6 nitrogen and oxygen atoms in total. The highest BCUT2D eigenvalue weighted by Gasteiger charge is 2.25. The number of carbonyl (C=O) groups is 2. The summed E-state index contributed by atoms with van der Waals surface area (Å²) in [5, 5.41) is 20.6. The molecule has 0 heterocycles. The first-order valence-electron chi connectivity index (χ1n) is 5.36. The summed E-state index contributed by atoms with van der Waals surface area (Å²) in [4.78, 5) is 22.7. The van der Waals surface area contributed by atoms with Crippen molar-refractivity contribution in [3.63, 3.8) is 0 Å². The number of benzene rings is 1. The van der Waals surface area contributed by atoms with Crippen LogP contribution in [0.2, 0.25) is 0 Å². The fourth-order valence-electron chi connectivity index (χ4n) is 1.26. The second-order valence-corrected chi connectivity index (χ2v) is 4.27. The maximum atomic E-state index is 11.8. The van der Waals surface area contributed by atoms with E-state index in [2.05, 4.69) is 5.32 Å². The van der Waals surface area contributed by atoms with E-state index in [1.807, 2.05) is 0 Å². The quantitative estimate of drug-likeness (QED) is 0.552. The zero-order valence-corrected chi connectivity index (χ0v) is 10.0. The maximum Gasteiger partial charge on any atom is 0.251 e. The second kappa shape index (κ2) is 5.61. The number of primary amides is 1. The molecule has 0 atom stereocenters. The molecule has 2 amide bonds. The zero-order valence-electron chi connectivity index (χ0n) is 10.0.